The minimum absolute atomic E-state index is 0.00269. The van der Waals surface area contributed by atoms with Crippen LogP contribution < -0.4 is 4.90 Å². The van der Waals surface area contributed by atoms with Gasteiger partial charge in [-0.1, -0.05) is 29.8 Å². The van der Waals surface area contributed by atoms with E-state index in [1.54, 1.807) is 0 Å². The lowest BCUT2D eigenvalue weighted by atomic mass is 9.63. The third kappa shape index (κ3) is 1.46. The van der Waals surface area contributed by atoms with E-state index in [1.807, 2.05) is 31.2 Å². The van der Waals surface area contributed by atoms with Crippen LogP contribution >= 0.6 is 0 Å². The van der Waals surface area contributed by atoms with Crippen molar-refractivity contribution in [3.8, 4) is 0 Å². The second-order valence-electron chi connectivity index (χ2n) is 6.19. The smallest absolute Gasteiger partial charge is 0.238 e. The van der Waals surface area contributed by atoms with Gasteiger partial charge in [0.1, 0.15) is 0 Å². The van der Waals surface area contributed by atoms with Crippen molar-refractivity contribution in [2.75, 3.05) is 4.90 Å². The lowest BCUT2D eigenvalue weighted by Crippen LogP contribution is -2.38. The number of aryl methyl sites for hydroxylation is 1. The van der Waals surface area contributed by atoms with E-state index < -0.39 is 0 Å². The summed E-state index contributed by atoms with van der Waals surface area (Å²) in [7, 11) is 0. The molecule has 4 atom stereocenters. The Morgan fingerprint density at radius 2 is 1.40 bits per heavy atom. The number of hydrogen-bond donors (Lipinski definition) is 0. The lowest BCUT2D eigenvalue weighted by molar-refractivity contribution is -0.124. The van der Waals surface area contributed by atoms with Crippen molar-refractivity contribution in [3.05, 3.63) is 42.0 Å². The van der Waals surface area contributed by atoms with Crippen molar-refractivity contribution in [1.29, 1.82) is 0 Å². The van der Waals surface area contributed by atoms with Crippen LogP contribution in [0.5, 0.6) is 0 Å². The average molecular weight is 267 g/mol. The SMILES string of the molecule is Cc1ccc(N2C(=O)[C@@H]3[C@H](C2=O)[C@@H]2C=C[C@H]3CC2)cc1. The summed E-state index contributed by atoms with van der Waals surface area (Å²) in [4.78, 5) is 26.8. The number of nitrogens with zero attached hydrogens (tertiary/aromatic N) is 1. The van der Waals surface area contributed by atoms with Gasteiger partial charge in [0, 0.05) is 0 Å². The van der Waals surface area contributed by atoms with Crippen molar-refractivity contribution in [2.24, 2.45) is 23.7 Å². The highest BCUT2D eigenvalue weighted by molar-refractivity contribution is 6.22. The Hall–Kier alpha value is -1.90. The van der Waals surface area contributed by atoms with E-state index in [0.717, 1.165) is 24.1 Å². The third-order valence-electron chi connectivity index (χ3n) is 5.05. The van der Waals surface area contributed by atoms with Gasteiger partial charge < -0.3 is 0 Å². The predicted octanol–water partition coefficient (Wildman–Crippen LogP) is 2.70. The van der Waals surface area contributed by atoms with Gasteiger partial charge in [0.05, 0.1) is 17.5 Å². The number of allylic oxidation sites excluding steroid dienone is 2. The number of imide groups is 1. The monoisotopic (exact) mass is 267 g/mol. The Balaban J connectivity index is 1.75. The highest BCUT2D eigenvalue weighted by Gasteiger charge is 2.56. The fourth-order valence-electron chi connectivity index (χ4n) is 4.02. The standard InChI is InChI=1S/C17H17NO2/c1-10-2-8-13(9-3-10)18-16(19)14-11-4-5-12(7-6-11)15(14)17(18)20/h2-5,8-9,11-12,14-15H,6-7H2,1H3/t11-,12+,14-,15+. The largest absolute Gasteiger partial charge is 0.274 e. The Morgan fingerprint density at radius 1 is 0.900 bits per heavy atom. The number of amides is 2. The van der Waals surface area contributed by atoms with E-state index in [1.165, 1.54) is 4.90 Å². The van der Waals surface area contributed by atoms with E-state index in [-0.39, 0.29) is 35.5 Å². The molecule has 1 saturated carbocycles. The first kappa shape index (κ1) is 11.9. The van der Waals surface area contributed by atoms with E-state index in [9.17, 15) is 9.59 Å². The molecule has 0 radical (unpaired) electrons. The maximum atomic E-state index is 12.7. The zero-order chi connectivity index (χ0) is 13.9. The summed E-state index contributed by atoms with van der Waals surface area (Å²) in [6.45, 7) is 2.00. The minimum Gasteiger partial charge on any atom is -0.274 e. The van der Waals surface area contributed by atoms with Gasteiger partial charge in [0.25, 0.3) is 0 Å². The summed E-state index contributed by atoms with van der Waals surface area (Å²) >= 11 is 0. The number of hydrogen-bond acceptors (Lipinski definition) is 2. The lowest BCUT2D eigenvalue weighted by Gasteiger charge is -2.38. The van der Waals surface area contributed by atoms with E-state index in [4.69, 9.17) is 0 Å². The molecule has 2 bridgehead atoms. The summed E-state index contributed by atoms with van der Waals surface area (Å²) in [6.07, 6.45) is 6.39. The van der Waals surface area contributed by atoms with Crippen molar-refractivity contribution in [1.82, 2.24) is 0 Å². The number of carbonyl (C=O) groups excluding carboxylic acids is 2. The van der Waals surface area contributed by atoms with Gasteiger partial charge in [-0.3, -0.25) is 14.5 Å². The van der Waals surface area contributed by atoms with Crippen LogP contribution in [0.1, 0.15) is 18.4 Å². The molecule has 102 valence electrons. The van der Waals surface area contributed by atoms with Crippen LogP contribution in [0.2, 0.25) is 0 Å². The van der Waals surface area contributed by atoms with Crippen LogP contribution in [0.25, 0.3) is 0 Å². The Bertz CT molecular complexity index is 584. The molecular weight excluding hydrogens is 250 g/mol. The first-order valence-electron chi connectivity index (χ1n) is 7.29. The number of fused-ring (bicyclic) bond motifs is 1. The van der Waals surface area contributed by atoms with Gasteiger partial charge in [-0.25, -0.2) is 0 Å². The van der Waals surface area contributed by atoms with Gasteiger partial charge in [0.2, 0.25) is 11.8 Å². The quantitative estimate of drug-likeness (QED) is 0.579. The Kier molecular flexibility index (Phi) is 2.40. The molecule has 3 nitrogen and oxygen atoms in total. The normalized spacial score (nSPS) is 34.8. The fraction of sp³-hybridized carbons (Fsp3) is 0.412. The zero-order valence-electron chi connectivity index (χ0n) is 11.5. The second kappa shape index (κ2) is 4.05. The van der Waals surface area contributed by atoms with Crippen molar-refractivity contribution in [3.63, 3.8) is 0 Å². The summed E-state index contributed by atoms with van der Waals surface area (Å²) in [5, 5.41) is 0. The molecule has 4 aliphatic rings. The number of benzene rings is 1. The molecule has 0 N–H and O–H groups in total. The van der Waals surface area contributed by atoms with E-state index >= 15 is 0 Å². The van der Waals surface area contributed by atoms with Crippen molar-refractivity contribution >= 4 is 17.5 Å². The summed E-state index contributed by atoms with van der Waals surface area (Å²) in [5.74, 6) is 0.291. The molecule has 0 spiro atoms. The summed E-state index contributed by atoms with van der Waals surface area (Å²) in [6, 6.07) is 7.64. The number of carbonyl (C=O) groups is 2. The third-order valence-corrected chi connectivity index (χ3v) is 5.05. The van der Waals surface area contributed by atoms with Crippen LogP contribution in [0.4, 0.5) is 5.69 Å². The van der Waals surface area contributed by atoms with Crippen molar-refractivity contribution < 1.29 is 9.59 Å². The molecule has 3 heteroatoms. The zero-order valence-corrected chi connectivity index (χ0v) is 11.5. The molecular formula is C17H17NO2. The number of anilines is 1. The first-order valence-corrected chi connectivity index (χ1v) is 7.29. The molecule has 0 aromatic heterocycles. The van der Waals surface area contributed by atoms with Gasteiger partial charge in [-0.15, -0.1) is 0 Å². The maximum Gasteiger partial charge on any atom is 0.238 e. The van der Waals surface area contributed by atoms with Crippen LogP contribution in [0.15, 0.2) is 36.4 Å². The van der Waals surface area contributed by atoms with Gasteiger partial charge >= 0.3 is 0 Å². The fourth-order valence-corrected chi connectivity index (χ4v) is 4.02. The second-order valence-corrected chi connectivity index (χ2v) is 6.19. The predicted molar refractivity (Wildman–Crippen MR) is 76.0 cm³/mol. The molecule has 1 heterocycles. The highest BCUT2D eigenvalue weighted by atomic mass is 16.2. The molecule has 20 heavy (non-hydrogen) atoms. The maximum absolute atomic E-state index is 12.7. The van der Waals surface area contributed by atoms with Crippen LogP contribution in [0, 0.1) is 30.6 Å². The molecule has 1 saturated heterocycles. The average Bonchev–Trinajstić information content (AvgIpc) is 2.76. The molecule has 2 fully saturated rings. The molecule has 1 aromatic rings. The topological polar surface area (TPSA) is 37.4 Å². The summed E-state index contributed by atoms with van der Waals surface area (Å²) in [5.41, 5.74) is 1.85. The molecule has 1 aliphatic heterocycles. The molecule has 5 rings (SSSR count). The van der Waals surface area contributed by atoms with E-state index in [0.29, 0.717) is 0 Å². The van der Waals surface area contributed by atoms with Gasteiger partial charge in [0.15, 0.2) is 0 Å². The first-order chi connectivity index (χ1) is 9.66. The highest BCUT2D eigenvalue weighted by Crippen LogP contribution is 2.50. The van der Waals surface area contributed by atoms with E-state index in [2.05, 4.69) is 12.2 Å². The molecule has 3 aliphatic carbocycles. The molecule has 2 amide bonds. The van der Waals surface area contributed by atoms with Crippen LogP contribution in [0.3, 0.4) is 0 Å². The summed E-state index contributed by atoms with van der Waals surface area (Å²) < 4.78 is 0. The Morgan fingerprint density at radius 3 is 1.85 bits per heavy atom. The minimum atomic E-state index is -0.118. The Labute approximate surface area is 118 Å². The number of rotatable bonds is 1. The van der Waals surface area contributed by atoms with Crippen molar-refractivity contribution in [2.45, 2.75) is 19.8 Å². The van der Waals surface area contributed by atoms with Crippen LogP contribution in [-0.2, 0) is 9.59 Å². The van der Waals surface area contributed by atoms with Crippen LogP contribution in [-0.4, -0.2) is 11.8 Å². The molecule has 0 unspecified atom stereocenters. The van der Waals surface area contributed by atoms with Gasteiger partial charge in [-0.05, 0) is 43.7 Å². The van der Waals surface area contributed by atoms with Gasteiger partial charge in [-0.2, -0.15) is 0 Å². The molecule has 1 aromatic carbocycles.